The number of halogens is 2. The van der Waals surface area contributed by atoms with Crippen molar-refractivity contribution in [1.29, 1.82) is 0 Å². The van der Waals surface area contributed by atoms with Gasteiger partial charge in [0.1, 0.15) is 0 Å². The number of hydrogen-bond acceptors (Lipinski definition) is 4. The standard InChI is InChI=1S/C11H12Cl2O4S/c1-6(2)17-11(14)9-4-8(18(13,15)16)5-10(12)7(9)3/h4-6H,1-3H3. The summed E-state index contributed by atoms with van der Waals surface area (Å²) in [5, 5.41) is 0.146. The number of hydrogen-bond donors (Lipinski definition) is 0. The fraction of sp³-hybridized carbons (Fsp3) is 0.364. The largest absolute Gasteiger partial charge is 0.459 e. The third-order valence-corrected chi connectivity index (χ3v) is 3.89. The molecule has 0 heterocycles. The van der Waals surface area contributed by atoms with Crippen LogP contribution in [-0.2, 0) is 13.8 Å². The van der Waals surface area contributed by atoms with Crippen LogP contribution < -0.4 is 0 Å². The van der Waals surface area contributed by atoms with Crippen LogP contribution in [0.15, 0.2) is 17.0 Å². The lowest BCUT2D eigenvalue weighted by Gasteiger charge is -2.11. The molecule has 4 nitrogen and oxygen atoms in total. The second-order valence-corrected chi connectivity index (χ2v) is 6.94. The first-order valence-corrected chi connectivity index (χ1v) is 7.77. The minimum absolute atomic E-state index is 0.0930. The van der Waals surface area contributed by atoms with Crippen LogP contribution in [0.2, 0.25) is 5.02 Å². The second-order valence-electron chi connectivity index (χ2n) is 3.97. The van der Waals surface area contributed by atoms with E-state index in [9.17, 15) is 13.2 Å². The average molecular weight is 311 g/mol. The van der Waals surface area contributed by atoms with E-state index in [1.165, 1.54) is 6.07 Å². The van der Waals surface area contributed by atoms with Gasteiger partial charge in [-0.3, -0.25) is 0 Å². The van der Waals surface area contributed by atoms with Crippen molar-refractivity contribution in [3.05, 3.63) is 28.3 Å². The quantitative estimate of drug-likeness (QED) is 0.635. The van der Waals surface area contributed by atoms with Crippen molar-refractivity contribution < 1.29 is 17.9 Å². The molecule has 0 aromatic heterocycles. The van der Waals surface area contributed by atoms with E-state index in [2.05, 4.69) is 0 Å². The predicted octanol–water partition coefficient (Wildman–Crippen LogP) is 3.14. The molecule has 0 bridgehead atoms. The number of carbonyl (C=O) groups excluding carboxylic acids is 1. The maximum Gasteiger partial charge on any atom is 0.338 e. The fourth-order valence-electron chi connectivity index (χ4n) is 1.28. The zero-order valence-corrected chi connectivity index (χ0v) is 12.4. The van der Waals surface area contributed by atoms with Crippen molar-refractivity contribution in [2.24, 2.45) is 0 Å². The second kappa shape index (κ2) is 5.47. The smallest absolute Gasteiger partial charge is 0.338 e. The maximum absolute atomic E-state index is 11.8. The Labute approximate surface area is 115 Å². The zero-order valence-electron chi connectivity index (χ0n) is 10.0. The Kier molecular flexibility index (Phi) is 4.64. The van der Waals surface area contributed by atoms with Crippen LogP contribution in [0, 0.1) is 6.92 Å². The van der Waals surface area contributed by atoms with Gasteiger partial charge >= 0.3 is 5.97 Å². The summed E-state index contributed by atoms with van der Waals surface area (Å²) in [4.78, 5) is 11.6. The normalized spacial score (nSPS) is 11.7. The highest BCUT2D eigenvalue weighted by atomic mass is 35.7. The lowest BCUT2D eigenvalue weighted by molar-refractivity contribution is 0.0377. The Morgan fingerprint density at radius 3 is 2.33 bits per heavy atom. The molecule has 0 spiro atoms. The Morgan fingerprint density at radius 2 is 1.89 bits per heavy atom. The van der Waals surface area contributed by atoms with Crippen molar-refractivity contribution in [3.63, 3.8) is 0 Å². The van der Waals surface area contributed by atoms with Crippen molar-refractivity contribution >= 4 is 37.3 Å². The van der Waals surface area contributed by atoms with E-state index < -0.39 is 15.0 Å². The molecule has 0 saturated carbocycles. The molecule has 1 aromatic rings. The number of carbonyl (C=O) groups is 1. The summed E-state index contributed by atoms with van der Waals surface area (Å²) in [6.45, 7) is 4.98. The molecular weight excluding hydrogens is 299 g/mol. The van der Waals surface area contributed by atoms with Gasteiger partial charge in [0.05, 0.1) is 16.6 Å². The summed E-state index contributed by atoms with van der Waals surface area (Å²) >= 11 is 5.87. The van der Waals surface area contributed by atoms with Gasteiger partial charge in [0.15, 0.2) is 0 Å². The molecule has 0 atom stereocenters. The van der Waals surface area contributed by atoms with Gasteiger partial charge in [-0.05, 0) is 38.5 Å². The molecule has 0 radical (unpaired) electrons. The first-order chi connectivity index (χ1) is 8.12. The minimum atomic E-state index is -3.95. The van der Waals surface area contributed by atoms with E-state index >= 15 is 0 Å². The number of ether oxygens (including phenoxy) is 1. The molecule has 100 valence electrons. The number of rotatable bonds is 3. The SMILES string of the molecule is Cc1c(Cl)cc(S(=O)(=O)Cl)cc1C(=O)OC(C)C. The van der Waals surface area contributed by atoms with E-state index in [1.807, 2.05) is 0 Å². The van der Waals surface area contributed by atoms with Gasteiger partial charge in [-0.1, -0.05) is 11.6 Å². The van der Waals surface area contributed by atoms with E-state index in [4.69, 9.17) is 27.0 Å². The highest BCUT2D eigenvalue weighted by Crippen LogP contribution is 2.27. The maximum atomic E-state index is 11.8. The molecule has 0 unspecified atom stereocenters. The third-order valence-electron chi connectivity index (χ3n) is 2.16. The van der Waals surface area contributed by atoms with Gasteiger partial charge in [-0.25, -0.2) is 13.2 Å². The summed E-state index contributed by atoms with van der Waals surface area (Å²) in [7, 11) is 1.28. The predicted molar refractivity (Wildman–Crippen MR) is 69.8 cm³/mol. The lowest BCUT2D eigenvalue weighted by Crippen LogP contribution is -2.13. The van der Waals surface area contributed by atoms with E-state index in [0.29, 0.717) is 5.56 Å². The molecule has 0 aliphatic heterocycles. The number of benzene rings is 1. The van der Waals surface area contributed by atoms with Gasteiger partial charge in [0, 0.05) is 15.7 Å². The third kappa shape index (κ3) is 3.60. The van der Waals surface area contributed by atoms with E-state index in [1.54, 1.807) is 20.8 Å². The van der Waals surface area contributed by atoms with Crippen molar-refractivity contribution in [3.8, 4) is 0 Å². The van der Waals surface area contributed by atoms with Crippen LogP contribution in [-0.4, -0.2) is 20.5 Å². The fourth-order valence-corrected chi connectivity index (χ4v) is 2.35. The molecule has 0 fully saturated rings. The molecule has 0 N–H and O–H groups in total. The molecule has 18 heavy (non-hydrogen) atoms. The lowest BCUT2D eigenvalue weighted by atomic mass is 10.1. The van der Waals surface area contributed by atoms with E-state index in [0.717, 1.165) is 6.07 Å². The summed E-state index contributed by atoms with van der Waals surface area (Å²) in [6.07, 6.45) is -0.313. The molecule has 0 saturated heterocycles. The summed E-state index contributed by atoms with van der Waals surface area (Å²) in [6, 6.07) is 2.36. The molecule has 7 heteroatoms. The molecular formula is C11H12Cl2O4S. The topological polar surface area (TPSA) is 60.4 Å². The monoisotopic (exact) mass is 310 g/mol. The summed E-state index contributed by atoms with van der Waals surface area (Å²) in [5.41, 5.74) is 0.543. The zero-order chi connectivity index (χ0) is 14.1. The highest BCUT2D eigenvalue weighted by Gasteiger charge is 2.20. The van der Waals surface area contributed by atoms with Crippen LogP contribution in [0.4, 0.5) is 0 Å². The Morgan fingerprint density at radius 1 is 1.33 bits per heavy atom. The van der Waals surface area contributed by atoms with Gasteiger partial charge in [0.25, 0.3) is 9.05 Å². The Balaban J connectivity index is 3.36. The molecule has 0 aliphatic rings. The van der Waals surface area contributed by atoms with Gasteiger partial charge in [0.2, 0.25) is 0 Å². The molecule has 0 aliphatic carbocycles. The average Bonchev–Trinajstić information content (AvgIpc) is 2.18. The van der Waals surface area contributed by atoms with E-state index in [-0.39, 0.29) is 21.6 Å². The molecule has 1 aromatic carbocycles. The van der Waals surface area contributed by atoms with Gasteiger partial charge in [-0.15, -0.1) is 0 Å². The number of esters is 1. The van der Waals surface area contributed by atoms with Gasteiger partial charge in [-0.2, -0.15) is 0 Å². The highest BCUT2D eigenvalue weighted by molar-refractivity contribution is 8.13. The van der Waals surface area contributed by atoms with Crippen LogP contribution in [0.25, 0.3) is 0 Å². The first kappa shape index (κ1) is 15.3. The van der Waals surface area contributed by atoms with Crippen LogP contribution >= 0.6 is 22.3 Å². The minimum Gasteiger partial charge on any atom is -0.459 e. The molecule has 0 amide bonds. The molecule has 1 rings (SSSR count). The first-order valence-electron chi connectivity index (χ1n) is 5.08. The summed E-state index contributed by atoms with van der Waals surface area (Å²) in [5.74, 6) is -0.633. The van der Waals surface area contributed by atoms with Crippen LogP contribution in [0.5, 0.6) is 0 Å². The van der Waals surface area contributed by atoms with Crippen LogP contribution in [0.3, 0.4) is 0 Å². The van der Waals surface area contributed by atoms with Crippen LogP contribution in [0.1, 0.15) is 29.8 Å². The Hall–Kier alpha value is -0.780. The summed E-state index contributed by atoms with van der Waals surface area (Å²) < 4.78 is 27.5. The Bertz CT molecular complexity index is 579. The van der Waals surface area contributed by atoms with Gasteiger partial charge < -0.3 is 4.74 Å². The van der Waals surface area contributed by atoms with Crippen molar-refractivity contribution in [2.45, 2.75) is 31.8 Å². The van der Waals surface area contributed by atoms with Crippen molar-refractivity contribution in [1.82, 2.24) is 0 Å². The van der Waals surface area contributed by atoms with Crippen molar-refractivity contribution in [2.75, 3.05) is 0 Å².